The van der Waals surface area contributed by atoms with E-state index >= 15 is 0 Å². The molecule has 2 nitrogen and oxygen atoms in total. The predicted molar refractivity (Wildman–Crippen MR) is 102 cm³/mol. The third-order valence-electron chi connectivity index (χ3n) is 3.36. The molecule has 0 bridgehead atoms. The summed E-state index contributed by atoms with van der Waals surface area (Å²) in [6, 6.07) is 32.9. The fraction of sp³-hybridized carbons (Fsp3) is 0. The van der Waals surface area contributed by atoms with Crippen molar-refractivity contribution >= 4 is 36.5 Å². The van der Waals surface area contributed by atoms with Crippen molar-refractivity contribution in [3.05, 3.63) is 104 Å². The number of rotatable bonds is 4. The topological polar surface area (TPSA) is 37.3 Å². The van der Waals surface area contributed by atoms with Crippen LogP contribution in [0.3, 0.4) is 0 Å². The number of hydrogen-bond acceptors (Lipinski definition) is 1. The Kier molecular flexibility index (Phi) is 7.30. The predicted octanol–water partition coefficient (Wildman–Crippen LogP) is 2.46. The van der Waals surface area contributed by atoms with Gasteiger partial charge in [-0.15, -0.1) is 0 Å². The Labute approximate surface area is 149 Å². The van der Waals surface area contributed by atoms with Gasteiger partial charge in [0, 0.05) is 6.08 Å². The van der Waals surface area contributed by atoms with Gasteiger partial charge in [-0.2, -0.15) is 0 Å². The molecule has 0 aliphatic rings. The van der Waals surface area contributed by atoms with Crippen molar-refractivity contribution in [1.29, 1.82) is 0 Å². The van der Waals surface area contributed by atoms with Crippen molar-refractivity contribution in [2.24, 2.45) is 0 Å². The second-order valence-electron chi connectivity index (χ2n) is 5.02. The molecule has 3 aromatic rings. The first-order valence-corrected chi connectivity index (χ1v) is 11.9. The van der Waals surface area contributed by atoms with Gasteiger partial charge in [-0.3, -0.25) is 0 Å². The summed E-state index contributed by atoms with van der Waals surface area (Å²) >= 11 is -1.98. The van der Waals surface area contributed by atoms with Crippen LogP contribution in [-0.2, 0) is 4.79 Å². The van der Waals surface area contributed by atoms with Crippen LogP contribution in [0, 0.1) is 0 Å². The Morgan fingerprint density at radius 2 is 0.958 bits per heavy atom. The molecule has 0 saturated carbocycles. The van der Waals surface area contributed by atoms with Crippen molar-refractivity contribution in [3.8, 4) is 0 Å². The van der Waals surface area contributed by atoms with Gasteiger partial charge in [-0.05, 0) is 0 Å². The first kappa shape index (κ1) is 18.0. The summed E-state index contributed by atoms with van der Waals surface area (Å²) in [5, 5.41) is 7.60. The van der Waals surface area contributed by atoms with Gasteiger partial charge in [0.1, 0.15) is 0 Å². The molecule has 0 fully saturated rings. The molecule has 24 heavy (non-hydrogen) atoms. The molecule has 0 atom stereocenters. The van der Waals surface area contributed by atoms with Gasteiger partial charge in [0.25, 0.3) is 0 Å². The van der Waals surface area contributed by atoms with Gasteiger partial charge in [-0.25, -0.2) is 4.79 Å². The molecule has 0 unspecified atom stereocenters. The molecular weight excluding hydrogens is 403 g/mol. The fourth-order valence-corrected chi connectivity index (χ4v) is 9.67. The Hall–Kier alpha value is -2.33. The van der Waals surface area contributed by atoms with Gasteiger partial charge in [0.15, 0.2) is 0 Å². The molecule has 0 heterocycles. The van der Waals surface area contributed by atoms with Gasteiger partial charge in [0.05, 0.1) is 0 Å². The second-order valence-corrected chi connectivity index (χ2v) is 12.1. The van der Waals surface area contributed by atoms with E-state index in [1.165, 1.54) is 10.7 Å². The zero-order valence-corrected chi connectivity index (χ0v) is 16.2. The molecule has 0 aliphatic carbocycles. The Bertz CT molecular complexity index is 662. The monoisotopic (exact) mass is 423 g/mol. The maximum atomic E-state index is 9.25. The Balaban J connectivity index is 0.000000368. The molecule has 1 radical (unpaired) electrons. The van der Waals surface area contributed by atoms with Crippen molar-refractivity contribution in [2.75, 3.05) is 0 Å². The summed E-state index contributed by atoms with van der Waals surface area (Å²) < 4.78 is 4.59. The van der Waals surface area contributed by atoms with Crippen LogP contribution in [0.1, 0.15) is 0 Å². The van der Waals surface area contributed by atoms with Crippen molar-refractivity contribution in [3.63, 3.8) is 0 Å². The molecule has 0 aromatic heterocycles. The summed E-state index contributed by atoms with van der Waals surface area (Å²) in [5.74, 6) is -0.981. The van der Waals surface area contributed by atoms with Crippen LogP contribution < -0.4 is 10.7 Å². The Morgan fingerprint density at radius 1 is 0.708 bits per heavy atom. The van der Waals surface area contributed by atoms with Gasteiger partial charge in [-0.1, -0.05) is 6.58 Å². The van der Waals surface area contributed by atoms with E-state index in [-0.39, 0.29) is 0 Å². The molecule has 3 heteroatoms. The minimum atomic E-state index is -1.98. The van der Waals surface area contributed by atoms with Gasteiger partial charge < -0.3 is 5.11 Å². The quantitative estimate of drug-likeness (QED) is 0.519. The second kappa shape index (κ2) is 9.73. The third kappa shape index (κ3) is 5.39. The molecule has 0 saturated heterocycles. The van der Waals surface area contributed by atoms with E-state index in [1.807, 2.05) is 0 Å². The summed E-state index contributed by atoms with van der Waals surface area (Å²) in [5.41, 5.74) is 0. The summed E-state index contributed by atoms with van der Waals surface area (Å²) in [6.45, 7) is 2.96. The molecule has 0 spiro atoms. The Morgan fingerprint density at radius 3 is 1.17 bits per heavy atom. The first-order valence-electron chi connectivity index (χ1n) is 7.61. The molecule has 119 valence electrons. The summed E-state index contributed by atoms with van der Waals surface area (Å²) in [7, 11) is 0. The third-order valence-corrected chi connectivity index (χ3v) is 11.2. The van der Waals surface area contributed by atoms with Crippen LogP contribution in [0.15, 0.2) is 104 Å². The van der Waals surface area contributed by atoms with Crippen molar-refractivity contribution < 1.29 is 9.90 Å². The molecule has 1 N–H and O–H groups in total. The van der Waals surface area contributed by atoms with Crippen molar-refractivity contribution in [2.45, 2.75) is 0 Å². The van der Waals surface area contributed by atoms with E-state index in [9.17, 15) is 4.79 Å². The van der Waals surface area contributed by atoms with E-state index in [2.05, 4.69) is 97.6 Å². The van der Waals surface area contributed by atoms with E-state index in [0.717, 1.165) is 6.08 Å². The number of carboxylic acids is 1. The zero-order valence-electron chi connectivity index (χ0n) is 13.3. The van der Waals surface area contributed by atoms with Gasteiger partial charge >= 0.3 is 127 Å². The maximum absolute atomic E-state index is 9.25. The van der Waals surface area contributed by atoms with Gasteiger partial charge in [0.2, 0.25) is 0 Å². The van der Waals surface area contributed by atoms with Crippen LogP contribution in [0.25, 0.3) is 0 Å². The summed E-state index contributed by atoms with van der Waals surface area (Å²) in [6.07, 6.45) is 0.833. The number of aliphatic carboxylic acids is 1. The first-order chi connectivity index (χ1) is 11.7. The minimum absolute atomic E-state index is 0.833. The average molecular weight is 422 g/mol. The van der Waals surface area contributed by atoms with E-state index in [4.69, 9.17) is 5.11 Å². The van der Waals surface area contributed by atoms with Crippen LogP contribution >= 0.6 is 0 Å². The van der Waals surface area contributed by atoms with Crippen LogP contribution in [0.5, 0.6) is 0 Å². The molecule has 3 rings (SSSR count). The fourth-order valence-electron chi connectivity index (χ4n) is 2.31. The average Bonchev–Trinajstić information content (AvgIpc) is 2.65. The molecule has 0 aliphatic heterocycles. The number of benzene rings is 3. The summed E-state index contributed by atoms with van der Waals surface area (Å²) in [4.78, 5) is 9.25. The van der Waals surface area contributed by atoms with E-state index < -0.39 is 25.7 Å². The number of carbonyl (C=O) groups is 1. The molecule has 3 aromatic carbocycles. The van der Waals surface area contributed by atoms with Crippen LogP contribution in [0.4, 0.5) is 0 Å². The standard InChI is InChI=1S/3C6H5.C3H4O2.Sn/c3*1-2-4-6-5-3-1;1-2-3(4)5;/h3*1-5H;2H,1H2,(H,4,5);. The van der Waals surface area contributed by atoms with E-state index in [0.29, 0.717) is 0 Å². The SMILES string of the molecule is C=CC(=O)O.c1cc[c]([Sn]([c]2ccccc2)[c]2ccccc2)cc1. The number of hydrogen-bond donors (Lipinski definition) is 1. The molecule has 0 amide bonds. The van der Waals surface area contributed by atoms with Crippen LogP contribution in [-0.4, -0.2) is 30.8 Å². The zero-order chi connectivity index (χ0) is 17.2. The molecular formula is C21H19O2Sn. The van der Waals surface area contributed by atoms with E-state index in [1.54, 1.807) is 0 Å². The van der Waals surface area contributed by atoms with Crippen molar-refractivity contribution in [1.82, 2.24) is 0 Å². The normalized spacial score (nSPS) is 9.71. The van der Waals surface area contributed by atoms with Crippen LogP contribution in [0.2, 0.25) is 0 Å². The number of carboxylic acid groups (broad SMARTS) is 1.